The Bertz CT molecular complexity index is 709. The summed E-state index contributed by atoms with van der Waals surface area (Å²) in [4.78, 5) is 10.5. The molecule has 0 unspecified atom stereocenters. The second kappa shape index (κ2) is 10.8. The van der Waals surface area contributed by atoms with Gasteiger partial charge in [-0.05, 0) is 49.8 Å². The van der Waals surface area contributed by atoms with E-state index in [-0.39, 0.29) is 29.8 Å². The van der Waals surface area contributed by atoms with E-state index in [1.54, 1.807) is 13.1 Å². The Morgan fingerprint density at radius 3 is 2.88 bits per heavy atom. The summed E-state index contributed by atoms with van der Waals surface area (Å²) >= 11 is 1.89. The third-order valence-corrected chi connectivity index (χ3v) is 5.54. The lowest BCUT2D eigenvalue weighted by Crippen LogP contribution is -2.37. The van der Waals surface area contributed by atoms with Gasteiger partial charge in [-0.25, -0.2) is 9.37 Å². The van der Waals surface area contributed by atoms with Gasteiger partial charge in [-0.3, -0.25) is 4.99 Å². The molecule has 0 saturated carbocycles. The lowest BCUT2D eigenvalue weighted by atomic mass is 10.0. The number of nitrogens with one attached hydrogen (secondary N) is 2. The van der Waals surface area contributed by atoms with Crippen molar-refractivity contribution in [1.82, 2.24) is 15.6 Å². The fourth-order valence-electron chi connectivity index (χ4n) is 3.01. The van der Waals surface area contributed by atoms with Gasteiger partial charge in [0.05, 0.1) is 10.7 Å². The average Bonchev–Trinajstić information content (AvgIpc) is 3.04. The SMILES string of the molecule is CN=C(NCCCc1nc2c(s1)CCCC2)NCc1cccc(F)c1.I. The second-order valence-electron chi connectivity index (χ2n) is 6.27. The Kier molecular flexibility index (Phi) is 8.77. The van der Waals surface area contributed by atoms with Crippen LogP contribution in [0.3, 0.4) is 0 Å². The third kappa shape index (κ3) is 6.19. The van der Waals surface area contributed by atoms with E-state index in [1.165, 1.54) is 47.0 Å². The Balaban J connectivity index is 0.00000243. The molecule has 3 rings (SSSR count). The van der Waals surface area contributed by atoms with Crippen LogP contribution >= 0.6 is 35.3 Å². The van der Waals surface area contributed by atoms with Crippen molar-refractivity contribution in [3.63, 3.8) is 0 Å². The van der Waals surface area contributed by atoms with E-state index in [4.69, 9.17) is 4.98 Å². The summed E-state index contributed by atoms with van der Waals surface area (Å²) in [5, 5.41) is 7.78. The molecule has 0 aliphatic heterocycles. The van der Waals surface area contributed by atoms with Gasteiger partial charge in [0, 0.05) is 31.4 Å². The van der Waals surface area contributed by atoms with Crippen molar-refractivity contribution >= 4 is 41.3 Å². The van der Waals surface area contributed by atoms with Crippen molar-refractivity contribution in [2.45, 2.75) is 45.1 Å². The van der Waals surface area contributed by atoms with Gasteiger partial charge in [-0.1, -0.05) is 12.1 Å². The van der Waals surface area contributed by atoms with Crippen molar-refractivity contribution in [2.24, 2.45) is 4.99 Å². The monoisotopic (exact) mass is 488 g/mol. The minimum atomic E-state index is -0.214. The number of aliphatic imine (C=N–C) groups is 1. The zero-order chi connectivity index (χ0) is 17.5. The van der Waals surface area contributed by atoms with Crippen molar-refractivity contribution in [2.75, 3.05) is 13.6 Å². The Hall–Kier alpha value is -1.22. The van der Waals surface area contributed by atoms with Crippen molar-refractivity contribution < 1.29 is 4.39 Å². The smallest absolute Gasteiger partial charge is 0.191 e. The summed E-state index contributed by atoms with van der Waals surface area (Å²) in [5.74, 6) is 0.524. The molecule has 0 spiro atoms. The minimum absolute atomic E-state index is 0. The summed E-state index contributed by atoms with van der Waals surface area (Å²) < 4.78 is 13.2. The first kappa shape index (κ1) is 21.1. The molecule has 1 aromatic heterocycles. The van der Waals surface area contributed by atoms with Crippen LogP contribution in [0.2, 0.25) is 0 Å². The fourth-order valence-corrected chi connectivity index (χ4v) is 4.21. The molecule has 0 radical (unpaired) electrons. The van der Waals surface area contributed by atoms with Crippen LogP contribution in [0.25, 0.3) is 0 Å². The fraction of sp³-hybridized carbons (Fsp3) is 0.474. The number of thiazole rings is 1. The van der Waals surface area contributed by atoms with E-state index in [2.05, 4.69) is 15.6 Å². The van der Waals surface area contributed by atoms with E-state index in [0.717, 1.165) is 37.3 Å². The number of aromatic nitrogens is 1. The molecule has 0 atom stereocenters. The molecule has 0 fully saturated rings. The van der Waals surface area contributed by atoms with Crippen LogP contribution in [0.5, 0.6) is 0 Å². The van der Waals surface area contributed by atoms with Gasteiger partial charge in [-0.15, -0.1) is 35.3 Å². The molecule has 142 valence electrons. The number of benzene rings is 1. The second-order valence-corrected chi connectivity index (χ2v) is 7.44. The van der Waals surface area contributed by atoms with Gasteiger partial charge < -0.3 is 10.6 Å². The van der Waals surface area contributed by atoms with Gasteiger partial charge in [0.15, 0.2) is 5.96 Å². The maximum atomic E-state index is 13.2. The highest BCUT2D eigenvalue weighted by Crippen LogP contribution is 2.27. The van der Waals surface area contributed by atoms with Crippen LogP contribution < -0.4 is 10.6 Å². The Labute approximate surface area is 175 Å². The van der Waals surface area contributed by atoms with E-state index in [1.807, 2.05) is 17.4 Å². The van der Waals surface area contributed by atoms with Crippen molar-refractivity contribution in [3.8, 4) is 0 Å². The molecule has 1 aliphatic rings. The van der Waals surface area contributed by atoms with Crippen LogP contribution in [-0.4, -0.2) is 24.5 Å². The van der Waals surface area contributed by atoms with Crippen LogP contribution in [0.4, 0.5) is 4.39 Å². The maximum Gasteiger partial charge on any atom is 0.191 e. The number of fused-ring (bicyclic) bond motifs is 1. The quantitative estimate of drug-likeness (QED) is 0.279. The molecule has 26 heavy (non-hydrogen) atoms. The molecule has 1 aliphatic carbocycles. The van der Waals surface area contributed by atoms with Crippen LogP contribution in [0, 0.1) is 5.82 Å². The summed E-state index contributed by atoms with van der Waals surface area (Å²) in [6, 6.07) is 6.60. The average molecular weight is 488 g/mol. The third-order valence-electron chi connectivity index (χ3n) is 4.32. The van der Waals surface area contributed by atoms with Crippen molar-refractivity contribution in [3.05, 3.63) is 51.2 Å². The van der Waals surface area contributed by atoms with Crippen molar-refractivity contribution in [1.29, 1.82) is 0 Å². The van der Waals surface area contributed by atoms with Gasteiger partial charge in [-0.2, -0.15) is 0 Å². The molecule has 0 amide bonds. The summed E-state index contributed by atoms with van der Waals surface area (Å²) in [6.07, 6.45) is 6.98. The number of guanidine groups is 1. The van der Waals surface area contributed by atoms with Crippen LogP contribution in [0.1, 0.15) is 40.4 Å². The zero-order valence-corrected chi connectivity index (χ0v) is 18.2. The lowest BCUT2D eigenvalue weighted by molar-refractivity contribution is 0.624. The molecular weight excluding hydrogens is 462 g/mol. The first-order valence-corrected chi connectivity index (χ1v) is 9.72. The molecule has 1 aromatic carbocycles. The molecule has 4 nitrogen and oxygen atoms in total. The summed E-state index contributed by atoms with van der Waals surface area (Å²) in [5.41, 5.74) is 2.24. The molecule has 0 saturated heterocycles. The normalized spacial score (nSPS) is 13.7. The Morgan fingerprint density at radius 1 is 1.27 bits per heavy atom. The molecule has 0 bridgehead atoms. The number of aryl methyl sites for hydroxylation is 3. The van der Waals surface area contributed by atoms with Crippen LogP contribution in [0.15, 0.2) is 29.3 Å². The highest BCUT2D eigenvalue weighted by Gasteiger charge is 2.14. The van der Waals surface area contributed by atoms with E-state index < -0.39 is 0 Å². The standard InChI is InChI=1S/C19H25FN4S.HI/c1-21-19(23-13-14-6-4-7-15(20)12-14)22-11-5-10-18-24-16-8-2-3-9-17(16)25-18;/h4,6-7,12H,2-3,5,8-11,13H2,1H3,(H2,21,22,23);1H. The topological polar surface area (TPSA) is 49.3 Å². The van der Waals surface area contributed by atoms with Gasteiger partial charge >= 0.3 is 0 Å². The molecular formula is C19H26FIN4S. The number of hydrogen-bond acceptors (Lipinski definition) is 3. The molecule has 2 aromatic rings. The molecule has 7 heteroatoms. The summed E-state index contributed by atoms with van der Waals surface area (Å²) in [6.45, 7) is 1.39. The first-order valence-electron chi connectivity index (χ1n) is 8.91. The van der Waals surface area contributed by atoms with Gasteiger partial charge in [0.1, 0.15) is 5.82 Å². The molecule has 1 heterocycles. The number of halogens is 2. The van der Waals surface area contributed by atoms with Gasteiger partial charge in [0.25, 0.3) is 0 Å². The van der Waals surface area contributed by atoms with Gasteiger partial charge in [0.2, 0.25) is 0 Å². The number of rotatable bonds is 6. The zero-order valence-electron chi connectivity index (χ0n) is 15.1. The number of hydrogen-bond donors (Lipinski definition) is 2. The minimum Gasteiger partial charge on any atom is -0.356 e. The first-order chi connectivity index (χ1) is 12.2. The van der Waals surface area contributed by atoms with Crippen LogP contribution in [-0.2, 0) is 25.8 Å². The number of nitrogens with zero attached hydrogens (tertiary/aromatic N) is 2. The predicted molar refractivity (Wildman–Crippen MR) is 117 cm³/mol. The lowest BCUT2D eigenvalue weighted by Gasteiger charge is -2.11. The summed E-state index contributed by atoms with van der Waals surface area (Å²) in [7, 11) is 1.75. The molecule has 2 N–H and O–H groups in total. The predicted octanol–water partition coefficient (Wildman–Crippen LogP) is 4.08. The van der Waals surface area contributed by atoms with E-state index in [9.17, 15) is 4.39 Å². The Morgan fingerprint density at radius 2 is 2.12 bits per heavy atom. The van der Waals surface area contributed by atoms with E-state index in [0.29, 0.717) is 6.54 Å². The van der Waals surface area contributed by atoms with E-state index >= 15 is 0 Å². The highest BCUT2D eigenvalue weighted by molar-refractivity contribution is 14.0. The highest BCUT2D eigenvalue weighted by atomic mass is 127. The largest absolute Gasteiger partial charge is 0.356 e. The maximum absolute atomic E-state index is 13.2.